The number of hydrogen-bond donors (Lipinski definition) is 1. The first-order valence-electron chi connectivity index (χ1n) is 7.73. The first-order chi connectivity index (χ1) is 9.15. The van der Waals surface area contributed by atoms with Crippen LogP contribution in [0.15, 0.2) is 0 Å². The van der Waals surface area contributed by atoms with Crippen molar-refractivity contribution in [2.24, 2.45) is 11.8 Å². The molecule has 2 aliphatic rings. The minimum Gasteiger partial charge on any atom is -0.371 e. The van der Waals surface area contributed by atoms with Crippen molar-refractivity contribution in [2.75, 3.05) is 32.8 Å². The van der Waals surface area contributed by atoms with Gasteiger partial charge in [0.05, 0.1) is 6.61 Å². The van der Waals surface area contributed by atoms with Gasteiger partial charge >= 0.3 is 0 Å². The molecular formula is C15H28N2O2. The minimum atomic E-state index is 0.0255. The molecule has 110 valence electrons. The van der Waals surface area contributed by atoms with Crippen LogP contribution in [-0.4, -0.2) is 49.7 Å². The molecular weight excluding hydrogens is 240 g/mol. The Morgan fingerprint density at radius 1 is 1.42 bits per heavy atom. The summed E-state index contributed by atoms with van der Waals surface area (Å²) in [5.74, 6) is 1.54. The monoisotopic (exact) mass is 268 g/mol. The Morgan fingerprint density at radius 2 is 2.21 bits per heavy atom. The second kappa shape index (κ2) is 7.25. The van der Waals surface area contributed by atoms with Crippen LogP contribution in [0, 0.1) is 11.8 Å². The second-order valence-corrected chi connectivity index (χ2v) is 6.35. The molecule has 1 amide bonds. The largest absolute Gasteiger partial charge is 0.371 e. The smallest absolute Gasteiger partial charge is 0.246 e. The number of carbonyl (C=O) groups excluding carboxylic acids is 1. The average molecular weight is 268 g/mol. The van der Waals surface area contributed by atoms with Crippen LogP contribution in [0.5, 0.6) is 0 Å². The van der Waals surface area contributed by atoms with E-state index in [4.69, 9.17) is 4.74 Å². The predicted octanol–water partition coefficient (Wildman–Crippen LogP) is 1.65. The zero-order valence-electron chi connectivity index (χ0n) is 12.4. The third kappa shape index (κ3) is 5.49. The standard InChI is InChI=1S/C15H28N2O2/c1-12-4-3-7-17(9-12)13(2)8-16-15(18)11-19-10-14-5-6-14/h12-14H,3-11H2,1-2H3,(H,16,18)/t12-,13-/m0/s1. The van der Waals surface area contributed by atoms with Gasteiger partial charge in [-0.3, -0.25) is 9.69 Å². The summed E-state index contributed by atoms with van der Waals surface area (Å²) in [5.41, 5.74) is 0. The molecule has 2 atom stereocenters. The van der Waals surface area contributed by atoms with Crippen LogP contribution in [-0.2, 0) is 9.53 Å². The van der Waals surface area contributed by atoms with E-state index < -0.39 is 0 Å². The molecule has 1 N–H and O–H groups in total. The Bertz CT molecular complexity index is 292. The molecule has 1 saturated heterocycles. The van der Waals surface area contributed by atoms with Crippen LogP contribution in [0.3, 0.4) is 0 Å². The molecule has 4 heteroatoms. The highest BCUT2D eigenvalue weighted by Gasteiger charge is 2.22. The van der Waals surface area contributed by atoms with Gasteiger partial charge in [-0.15, -0.1) is 0 Å². The lowest BCUT2D eigenvalue weighted by atomic mass is 9.99. The normalized spacial score (nSPS) is 26.1. The highest BCUT2D eigenvalue weighted by molar-refractivity contribution is 5.77. The van der Waals surface area contributed by atoms with Crippen LogP contribution in [0.4, 0.5) is 0 Å². The average Bonchev–Trinajstić information content (AvgIpc) is 3.20. The highest BCUT2D eigenvalue weighted by Crippen LogP contribution is 2.28. The van der Waals surface area contributed by atoms with Gasteiger partial charge < -0.3 is 10.1 Å². The van der Waals surface area contributed by atoms with Crippen molar-refractivity contribution in [2.45, 2.75) is 45.6 Å². The second-order valence-electron chi connectivity index (χ2n) is 6.35. The fraction of sp³-hybridized carbons (Fsp3) is 0.933. The van der Waals surface area contributed by atoms with E-state index in [-0.39, 0.29) is 12.5 Å². The van der Waals surface area contributed by atoms with Crippen molar-refractivity contribution in [3.63, 3.8) is 0 Å². The van der Waals surface area contributed by atoms with Crippen molar-refractivity contribution in [1.29, 1.82) is 0 Å². The van der Waals surface area contributed by atoms with Gasteiger partial charge in [-0.2, -0.15) is 0 Å². The van der Waals surface area contributed by atoms with Gasteiger partial charge in [0.15, 0.2) is 0 Å². The van der Waals surface area contributed by atoms with Crippen LogP contribution < -0.4 is 5.32 Å². The van der Waals surface area contributed by atoms with Crippen molar-refractivity contribution < 1.29 is 9.53 Å². The highest BCUT2D eigenvalue weighted by atomic mass is 16.5. The summed E-state index contributed by atoms with van der Waals surface area (Å²) in [7, 11) is 0. The maximum Gasteiger partial charge on any atom is 0.246 e. The molecule has 0 aromatic heterocycles. The van der Waals surface area contributed by atoms with E-state index in [9.17, 15) is 4.79 Å². The fourth-order valence-electron chi connectivity index (χ4n) is 2.67. The Morgan fingerprint density at radius 3 is 2.89 bits per heavy atom. The maximum absolute atomic E-state index is 11.6. The van der Waals surface area contributed by atoms with Crippen molar-refractivity contribution >= 4 is 5.91 Å². The lowest BCUT2D eigenvalue weighted by Gasteiger charge is -2.35. The fourth-order valence-corrected chi connectivity index (χ4v) is 2.67. The molecule has 0 aromatic carbocycles. The van der Waals surface area contributed by atoms with Crippen molar-refractivity contribution in [3.05, 3.63) is 0 Å². The van der Waals surface area contributed by atoms with Gasteiger partial charge in [-0.1, -0.05) is 6.92 Å². The van der Waals surface area contributed by atoms with Crippen molar-refractivity contribution in [3.8, 4) is 0 Å². The molecule has 1 saturated carbocycles. The number of carbonyl (C=O) groups is 1. The van der Waals surface area contributed by atoms with Gasteiger partial charge in [-0.05, 0) is 51.0 Å². The Labute approximate surface area is 116 Å². The number of rotatable bonds is 7. The number of piperidine rings is 1. The minimum absolute atomic E-state index is 0.0255. The molecule has 1 aliphatic carbocycles. The SMILES string of the molecule is C[C@H]1CCCN([C@@H](C)CNC(=O)COCC2CC2)C1. The van der Waals surface area contributed by atoms with Gasteiger partial charge in [-0.25, -0.2) is 0 Å². The van der Waals surface area contributed by atoms with Gasteiger partial charge in [0.2, 0.25) is 5.91 Å². The summed E-state index contributed by atoms with van der Waals surface area (Å²) < 4.78 is 5.39. The van der Waals surface area contributed by atoms with Gasteiger partial charge in [0, 0.05) is 19.1 Å². The Hall–Kier alpha value is -0.610. The topological polar surface area (TPSA) is 41.6 Å². The third-order valence-corrected chi connectivity index (χ3v) is 4.19. The predicted molar refractivity (Wildman–Crippen MR) is 76.0 cm³/mol. The van der Waals surface area contributed by atoms with Gasteiger partial charge in [0.1, 0.15) is 6.61 Å². The summed E-state index contributed by atoms with van der Waals surface area (Å²) in [4.78, 5) is 14.1. The van der Waals surface area contributed by atoms with E-state index in [1.165, 1.54) is 32.2 Å². The lowest BCUT2D eigenvalue weighted by Crippen LogP contribution is -2.46. The molecule has 1 heterocycles. The van der Waals surface area contributed by atoms with Crippen LogP contribution in [0.1, 0.15) is 39.5 Å². The lowest BCUT2D eigenvalue weighted by molar-refractivity contribution is -0.126. The first-order valence-corrected chi connectivity index (χ1v) is 7.73. The Balaban J connectivity index is 1.56. The molecule has 2 fully saturated rings. The van der Waals surface area contributed by atoms with E-state index in [0.29, 0.717) is 6.04 Å². The number of nitrogens with zero attached hydrogens (tertiary/aromatic N) is 1. The van der Waals surface area contributed by atoms with Crippen LogP contribution >= 0.6 is 0 Å². The third-order valence-electron chi connectivity index (χ3n) is 4.19. The Kier molecular flexibility index (Phi) is 5.64. The number of likely N-dealkylation sites (tertiary alicyclic amines) is 1. The quantitative estimate of drug-likeness (QED) is 0.763. The number of nitrogens with one attached hydrogen (secondary N) is 1. The summed E-state index contributed by atoms with van der Waals surface area (Å²) in [6.45, 7) is 8.55. The molecule has 0 spiro atoms. The van der Waals surface area contributed by atoms with Crippen LogP contribution in [0.2, 0.25) is 0 Å². The number of hydrogen-bond acceptors (Lipinski definition) is 3. The number of ether oxygens (including phenoxy) is 1. The van der Waals surface area contributed by atoms with E-state index >= 15 is 0 Å². The molecule has 1 aliphatic heterocycles. The molecule has 0 aromatic rings. The zero-order valence-corrected chi connectivity index (χ0v) is 12.4. The molecule has 0 radical (unpaired) electrons. The summed E-state index contributed by atoms with van der Waals surface area (Å²) in [6.07, 6.45) is 5.16. The molecule has 2 rings (SSSR count). The van der Waals surface area contributed by atoms with E-state index in [2.05, 4.69) is 24.1 Å². The maximum atomic E-state index is 11.6. The van der Waals surface area contributed by atoms with E-state index in [1.54, 1.807) is 0 Å². The van der Waals surface area contributed by atoms with Crippen molar-refractivity contribution in [1.82, 2.24) is 10.2 Å². The molecule has 0 bridgehead atoms. The summed E-state index contributed by atoms with van der Waals surface area (Å²) >= 11 is 0. The first kappa shape index (κ1) is 14.8. The van der Waals surface area contributed by atoms with Gasteiger partial charge in [0.25, 0.3) is 0 Å². The van der Waals surface area contributed by atoms with E-state index in [0.717, 1.165) is 31.5 Å². The van der Waals surface area contributed by atoms with E-state index in [1.807, 2.05) is 0 Å². The molecule has 19 heavy (non-hydrogen) atoms. The summed E-state index contributed by atoms with van der Waals surface area (Å²) in [6, 6.07) is 0.426. The molecule has 0 unspecified atom stereocenters. The molecule has 4 nitrogen and oxygen atoms in total. The summed E-state index contributed by atoms with van der Waals surface area (Å²) in [5, 5.41) is 2.98. The zero-order chi connectivity index (χ0) is 13.7. The number of amides is 1. The van der Waals surface area contributed by atoms with Crippen LogP contribution in [0.25, 0.3) is 0 Å².